The van der Waals surface area contributed by atoms with Crippen molar-refractivity contribution in [2.45, 2.75) is 6.92 Å². The lowest BCUT2D eigenvalue weighted by atomic mass is 10.3. The monoisotopic (exact) mass is 292 g/mol. The van der Waals surface area contributed by atoms with E-state index in [0.717, 1.165) is 4.47 Å². The molecule has 2 aromatic heterocycles. The maximum atomic E-state index is 9.04. The molecule has 0 aliphatic carbocycles. The number of rotatable bonds is 2. The number of aryl methyl sites for hydroxylation is 2. The van der Waals surface area contributed by atoms with Crippen molar-refractivity contribution in [2.75, 3.05) is 0 Å². The highest BCUT2D eigenvalue weighted by Crippen LogP contribution is 2.27. The largest absolute Gasteiger partial charge is 0.436 e. The van der Waals surface area contributed by atoms with Crippen LogP contribution in [0.3, 0.4) is 0 Å². The molecule has 0 aliphatic heterocycles. The summed E-state index contributed by atoms with van der Waals surface area (Å²) in [5, 5.41) is 13.2. The fraction of sp³-hybridized carbons (Fsp3) is 0.182. The molecule has 0 bridgehead atoms. The fourth-order valence-electron chi connectivity index (χ4n) is 1.44. The third-order valence-corrected chi connectivity index (χ3v) is 2.61. The molecule has 0 atom stereocenters. The first-order valence-corrected chi connectivity index (χ1v) is 5.63. The SMILES string of the molecule is Cc1nn(C)c(Oc2cncc(Br)c2)c1C#N. The minimum Gasteiger partial charge on any atom is -0.436 e. The van der Waals surface area contributed by atoms with Gasteiger partial charge in [-0.15, -0.1) is 0 Å². The van der Waals surface area contributed by atoms with Gasteiger partial charge < -0.3 is 4.74 Å². The number of nitriles is 1. The van der Waals surface area contributed by atoms with Gasteiger partial charge >= 0.3 is 0 Å². The number of pyridine rings is 1. The van der Waals surface area contributed by atoms with E-state index in [2.05, 4.69) is 32.1 Å². The van der Waals surface area contributed by atoms with E-state index < -0.39 is 0 Å². The van der Waals surface area contributed by atoms with Gasteiger partial charge in [-0.3, -0.25) is 4.98 Å². The van der Waals surface area contributed by atoms with Crippen molar-refractivity contribution in [1.82, 2.24) is 14.8 Å². The minimum absolute atomic E-state index is 0.421. The van der Waals surface area contributed by atoms with E-state index >= 15 is 0 Å². The van der Waals surface area contributed by atoms with Crippen LogP contribution in [-0.2, 0) is 7.05 Å². The lowest BCUT2D eigenvalue weighted by Crippen LogP contribution is -1.96. The molecule has 17 heavy (non-hydrogen) atoms. The molecule has 0 saturated heterocycles. The molecular weight excluding hydrogens is 284 g/mol. The Kier molecular flexibility index (Phi) is 3.11. The van der Waals surface area contributed by atoms with Crippen molar-refractivity contribution in [3.63, 3.8) is 0 Å². The Hall–Kier alpha value is -1.87. The standard InChI is InChI=1S/C11H9BrN4O/c1-7-10(4-13)11(16(2)15-7)17-9-3-8(12)5-14-6-9/h3,5-6H,1-2H3. The van der Waals surface area contributed by atoms with Gasteiger partial charge in [-0.05, 0) is 28.9 Å². The zero-order valence-corrected chi connectivity index (χ0v) is 10.9. The molecule has 2 rings (SSSR count). The van der Waals surface area contributed by atoms with Crippen LogP contribution in [0, 0.1) is 18.3 Å². The van der Waals surface area contributed by atoms with E-state index in [1.807, 2.05) is 0 Å². The second-order valence-electron chi connectivity index (χ2n) is 3.44. The maximum Gasteiger partial charge on any atom is 0.235 e. The molecule has 86 valence electrons. The van der Waals surface area contributed by atoms with Crippen LogP contribution in [0.2, 0.25) is 0 Å². The molecule has 5 nitrogen and oxygen atoms in total. The Morgan fingerprint density at radius 3 is 2.88 bits per heavy atom. The molecule has 0 saturated carbocycles. The Balaban J connectivity index is 2.40. The van der Waals surface area contributed by atoms with Gasteiger partial charge in [0.15, 0.2) is 0 Å². The molecule has 0 radical (unpaired) electrons. The Morgan fingerprint density at radius 2 is 2.24 bits per heavy atom. The highest BCUT2D eigenvalue weighted by Gasteiger charge is 2.15. The first-order valence-electron chi connectivity index (χ1n) is 4.84. The first kappa shape index (κ1) is 11.6. The van der Waals surface area contributed by atoms with Crippen LogP contribution < -0.4 is 4.74 Å². The van der Waals surface area contributed by atoms with Crippen molar-refractivity contribution in [3.8, 4) is 17.7 Å². The van der Waals surface area contributed by atoms with E-state index in [4.69, 9.17) is 10.00 Å². The summed E-state index contributed by atoms with van der Waals surface area (Å²) < 4.78 is 7.97. The van der Waals surface area contributed by atoms with Crippen LogP contribution in [0.1, 0.15) is 11.3 Å². The van der Waals surface area contributed by atoms with E-state index in [1.54, 1.807) is 32.4 Å². The highest BCUT2D eigenvalue weighted by atomic mass is 79.9. The lowest BCUT2D eigenvalue weighted by molar-refractivity contribution is 0.427. The first-order chi connectivity index (χ1) is 8.11. The lowest BCUT2D eigenvalue weighted by Gasteiger charge is -2.05. The van der Waals surface area contributed by atoms with Crippen molar-refractivity contribution in [3.05, 3.63) is 34.2 Å². The zero-order chi connectivity index (χ0) is 12.4. The van der Waals surface area contributed by atoms with Crippen molar-refractivity contribution in [1.29, 1.82) is 5.26 Å². The summed E-state index contributed by atoms with van der Waals surface area (Å²) in [6.07, 6.45) is 3.24. The summed E-state index contributed by atoms with van der Waals surface area (Å²) in [4.78, 5) is 3.99. The van der Waals surface area contributed by atoms with Crippen LogP contribution in [0.25, 0.3) is 0 Å². The summed E-state index contributed by atoms with van der Waals surface area (Å²) in [6, 6.07) is 3.85. The Bertz CT molecular complexity index is 600. The Labute approximate surface area is 107 Å². The predicted octanol–water partition coefficient (Wildman–Crippen LogP) is 2.55. The minimum atomic E-state index is 0.421. The van der Waals surface area contributed by atoms with E-state index in [-0.39, 0.29) is 0 Å². The fourth-order valence-corrected chi connectivity index (χ4v) is 1.79. The zero-order valence-electron chi connectivity index (χ0n) is 9.31. The van der Waals surface area contributed by atoms with Crippen LogP contribution in [0.4, 0.5) is 0 Å². The number of nitrogens with zero attached hydrogens (tertiary/aromatic N) is 4. The summed E-state index contributed by atoms with van der Waals surface area (Å²) in [7, 11) is 1.73. The third-order valence-electron chi connectivity index (χ3n) is 2.18. The normalized spacial score (nSPS) is 10.0. The van der Waals surface area contributed by atoms with E-state index in [9.17, 15) is 0 Å². The van der Waals surface area contributed by atoms with Crippen molar-refractivity contribution < 1.29 is 4.74 Å². The topological polar surface area (TPSA) is 63.7 Å². The molecule has 2 aromatic rings. The molecule has 0 fully saturated rings. The molecule has 0 aliphatic rings. The quantitative estimate of drug-likeness (QED) is 0.853. The molecule has 0 aromatic carbocycles. The highest BCUT2D eigenvalue weighted by molar-refractivity contribution is 9.10. The van der Waals surface area contributed by atoms with Gasteiger partial charge in [-0.25, -0.2) is 4.68 Å². The second-order valence-corrected chi connectivity index (χ2v) is 4.36. The number of hydrogen-bond acceptors (Lipinski definition) is 4. The molecular formula is C11H9BrN4O. The van der Waals surface area contributed by atoms with Gasteiger partial charge in [-0.2, -0.15) is 10.4 Å². The van der Waals surface area contributed by atoms with Crippen molar-refractivity contribution >= 4 is 15.9 Å². The summed E-state index contributed by atoms with van der Waals surface area (Å²) >= 11 is 3.30. The number of halogens is 1. The maximum absolute atomic E-state index is 9.04. The molecule has 6 heteroatoms. The molecule has 2 heterocycles. The van der Waals surface area contributed by atoms with Gasteiger partial charge in [0.25, 0.3) is 0 Å². The van der Waals surface area contributed by atoms with Gasteiger partial charge in [-0.1, -0.05) is 0 Å². The second kappa shape index (κ2) is 4.55. The van der Waals surface area contributed by atoms with E-state index in [0.29, 0.717) is 22.9 Å². The average Bonchev–Trinajstić information content (AvgIpc) is 2.53. The predicted molar refractivity (Wildman–Crippen MR) is 64.7 cm³/mol. The van der Waals surface area contributed by atoms with Gasteiger partial charge in [0.2, 0.25) is 5.88 Å². The summed E-state index contributed by atoms with van der Waals surface area (Å²) in [5.74, 6) is 0.976. The van der Waals surface area contributed by atoms with Crippen LogP contribution >= 0.6 is 15.9 Å². The molecule has 0 spiro atoms. The van der Waals surface area contributed by atoms with Crippen LogP contribution in [0.15, 0.2) is 22.9 Å². The summed E-state index contributed by atoms with van der Waals surface area (Å²) in [5.41, 5.74) is 1.08. The third kappa shape index (κ3) is 2.29. The smallest absolute Gasteiger partial charge is 0.235 e. The van der Waals surface area contributed by atoms with Gasteiger partial charge in [0, 0.05) is 17.7 Å². The van der Waals surface area contributed by atoms with Crippen LogP contribution in [0.5, 0.6) is 11.6 Å². The molecule has 0 amide bonds. The number of hydrogen-bond donors (Lipinski definition) is 0. The molecule has 0 N–H and O–H groups in total. The van der Waals surface area contributed by atoms with E-state index in [1.165, 1.54) is 4.68 Å². The van der Waals surface area contributed by atoms with Crippen LogP contribution in [-0.4, -0.2) is 14.8 Å². The van der Waals surface area contributed by atoms with Crippen molar-refractivity contribution in [2.24, 2.45) is 7.05 Å². The van der Waals surface area contributed by atoms with Gasteiger partial charge in [0.1, 0.15) is 17.4 Å². The summed E-state index contributed by atoms with van der Waals surface area (Å²) in [6.45, 7) is 1.77. The number of ether oxygens (including phenoxy) is 1. The van der Waals surface area contributed by atoms with Gasteiger partial charge in [0.05, 0.1) is 11.9 Å². The average molecular weight is 293 g/mol. The molecule has 0 unspecified atom stereocenters. The number of aromatic nitrogens is 3. The Morgan fingerprint density at radius 1 is 1.47 bits per heavy atom.